The summed E-state index contributed by atoms with van der Waals surface area (Å²) in [5, 5.41) is 16.0. The molecule has 0 aliphatic heterocycles. The quantitative estimate of drug-likeness (QED) is 0.0994. The Bertz CT molecular complexity index is 1920. The van der Waals surface area contributed by atoms with E-state index in [0.717, 1.165) is 23.0 Å². The second-order valence-electron chi connectivity index (χ2n) is 9.57. The van der Waals surface area contributed by atoms with Crippen molar-refractivity contribution in [1.29, 1.82) is 0 Å². The third-order valence-electron chi connectivity index (χ3n) is 6.50. The molecule has 0 aliphatic rings. The largest absolute Gasteiger partial charge is 0.411 e. The van der Waals surface area contributed by atoms with Crippen LogP contribution in [-0.4, -0.2) is 37.4 Å². The van der Waals surface area contributed by atoms with Gasteiger partial charge in [0.25, 0.3) is 11.1 Å². The van der Waals surface area contributed by atoms with Gasteiger partial charge in [-0.1, -0.05) is 66.4 Å². The molecule has 44 heavy (non-hydrogen) atoms. The minimum absolute atomic E-state index is 0.0240. The Labute approximate surface area is 256 Å². The fourth-order valence-corrected chi connectivity index (χ4v) is 4.88. The molecule has 0 saturated heterocycles. The highest BCUT2D eigenvalue weighted by atomic mass is 32.2. The van der Waals surface area contributed by atoms with Crippen LogP contribution in [0.15, 0.2) is 131 Å². The van der Waals surface area contributed by atoms with E-state index in [1.165, 1.54) is 18.2 Å². The van der Waals surface area contributed by atoms with Gasteiger partial charge in [-0.2, -0.15) is 5.10 Å². The smallest absolute Gasteiger partial charge is 0.277 e. The maximum atomic E-state index is 13.6. The Kier molecular flexibility index (Phi) is 8.51. The Balaban J connectivity index is 1.10. The van der Waals surface area contributed by atoms with E-state index < -0.39 is 0 Å². The van der Waals surface area contributed by atoms with Crippen LogP contribution in [0.5, 0.6) is 0 Å². The second kappa shape index (κ2) is 13.1. The van der Waals surface area contributed by atoms with Crippen molar-refractivity contribution in [3.63, 3.8) is 0 Å². The van der Waals surface area contributed by atoms with Crippen molar-refractivity contribution < 1.29 is 18.4 Å². The lowest BCUT2D eigenvalue weighted by atomic mass is 10.1. The van der Waals surface area contributed by atoms with E-state index in [-0.39, 0.29) is 34.4 Å². The van der Waals surface area contributed by atoms with E-state index in [0.29, 0.717) is 28.1 Å². The summed E-state index contributed by atoms with van der Waals surface area (Å²) in [6.45, 7) is 0. The molecular weight excluding hydrogens is 577 g/mol. The number of carbonyl (C=O) groups is 2. The maximum Gasteiger partial charge on any atom is 0.277 e. The molecule has 10 heteroatoms. The summed E-state index contributed by atoms with van der Waals surface area (Å²) in [7, 11) is 0. The molecule has 0 unspecified atom stereocenters. The lowest BCUT2D eigenvalue weighted by Gasteiger charge is -2.05. The van der Waals surface area contributed by atoms with Crippen LogP contribution in [0.3, 0.4) is 0 Å². The first-order valence-corrected chi connectivity index (χ1v) is 14.6. The SMILES string of the molecule is O=C(CSc1nnc(-c2cn(-c3ccccc3)nc2-c2ccc(F)cc2)o1)Nc1ccc(C(=O)C=Cc2ccccc2)cc1. The number of nitrogens with one attached hydrogen (secondary N) is 1. The Morgan fingerprint density at radius 2 is 1.57 bits per heavy atom. The molecule has 0 spiro atoms. The molecule has 2 aromatic heterocycles. The Morgan fingerprint density at radius 1 is 0.864 bits per heavy atom. The lowest BCUT2D eigenvalue weighted by molar-refractivity contribution is -0.113. The van der Waals surface area contributed by atoms with E-state index in [2.05, 4.69) is 15.5 Å². The summed E-state index contributed by atoms with van der Waals surface area (Å²) >= 11 is 1.09. The van der Waals surface area contributed by atoms with Gasteiger partial charge in [0.2, 0.25) is 5.91 Å². The molecule has 6 rings (SSSR count). The van der Waals surface area contributed by atoms with E-state index >= 15 is 0 Å². The monoisotopic (exact) mass is 601 g/mol. The minimum atomic E-state index is -0.354. The number of para-hydroxylation sites is 1. The highest BCUT2D eigenvalue weighted by Gasteiger charge is 2.20. The van der Waals surface area contributed by atoms with Gasteiger partial charge in [0.1, 0.15) is 11.5 Å². The summed E-state index contributed by atoms with van der Waals surface area (Å²) < 4.78 is 21.2. The highest BCUT2D eigenvalue weighted by molar-refractivity contribution is 7.99. The average molecular weight is 602 g/mol. The van der Waals surface area contributed by atoms with Crippen LogP contribution in [0.2, 0.25) is 0 Å². The van der Waals surface area contributed by atoms with Crippen molar-refractivity contribution >= 4 is 35.2 Å². The van der Waals surface area contributed by atoms with Crippen LogP contribution in [-0.2, 0) is 4.79 Å². The van der Waals surface area contributed by atoms with Crippen LogP contribution in [0.25, 0.3) is 34.5 Å². The minimum Gasteiger partial charge on any atom is -0.411 e. The topological polar surface area (TPSA) is 103 Å². The van der Waals surface area contributed by atoms with Gasteiger partial charge >= 0.3 is 0 Å². The third kappa shape index (κ3) is 6.88. The first-order chi connectivity index (χ1) is 21.5. The summed E-state index contributed by atoms with van der Waals surface area (Å²) in [6.07, 6.45) is 5.05. The number of thioether (sulfide) groups is 1. The van der Waals surface area contributed by atoms with Gasteiger partial charge in [-0.15, -0.1) is 10.2 Å². The predicted molar refractivity (Wildman–Crippen MR) is 168 cm³/mol. The van der Waals surface area contributed by atoms with Crippen molar-refractivity contribution in [2.24, 2.45) is 0 Å². The fraction of sp³-hybridized carbons (Fsp3) is 0.0294. The molecule has 0 saturated carbocycles. The molecule has 216 valence electrons. The molecule has 0 radical (unpaired) electrons. The first-order valence-electron chi connectivity index (χ1n) is 13.6. The second-order valence-corrected chi connectivity index (χ2v) is 10.5. The van der Waals surface area contributed by atoms with Crippen LogP contribution < -0.4 is 5.32 Å². The molecule has 6 aromatic rings. The number of ketones is 1. The molecule has 0 bridgehead atoms. The van der Waals surface area contributed by atoms with Gasteiger partial charge in [0.05, 0.1) is 17.0 Å². The average Bonchev–Trinajstić information content (AvgIpc) is 3.72. The molecule has 1 N–H and O–H groups in total. The van der Waals surface area contributed by atoms with Gasteiger partial charge in [0.15, 0.2) is 5.78 Å². The number of hydrogen-bond acceptors (Lipinski definition) is 7. The molecule has 0 atom stereocenters. The number of halogens is 1. The summed E-state index contributed by atoms with van der Waals surface area (Å²) in [5.41, 5.74) is 4.63. The van der Waals surface area contributed by atoms with Gasteiger partial charge < -0.3 is 9.73 Å². The van der Waals surface area contributed by atoms with Gasteiger partial charge in [0, 0.05) is 23.0 Å². The van der Waals surface area contributed by atoms with E-state index in [9.17, 15) is 14.0 Å². The van der Waals surface area contributed by atoms with Crippen molar-refractivity contribution in [2.75, 3.05) is 11.1 Å². The zero-order chi connectivity index (χ0) is 30.3. The van der Waals surface area contributed by atoms with Crippen molar-refractivity contribution in [3.8, 4) is 28.4 Å². The molecule has 1 amide bonds. The normalized spacial score (nSPS) is 11.1. The standard InChI is InChI=1S/C34H24FN5O3S/c35-26-16-12-25(13-17-26)32-29(21-40(39-32)28-9-5-2-6-10-28)33-37-38-34(43-33)44-22-31(42)36-27-18-14-24(15-19-27)30(41)20-11-23-7-3-1-4-8-23/h1-21H,22H2,(H,36,42). The predicted octanol–water partition coefficient (Wildman–Crippen LogP) is 7.36. The lowest BCUT2D eigenvalue weighted by Crippen LogP contribution is -2.14. The zero-order valence-electron chi connectivity index (χ0n) is 23.1. The Morgan fingerprint density at radius 3 is 2.30 bits per heavy atom. The Hall–Kier alpha value is -5.61. The molecule has 4 aromatic carbocycles. The van der Waals surface area contributed by atoms with Crippen LogP contribution in [0.1, 0.15) is 15.9 Å². The van der Waals surface area contributed by atoms with Gasteiger partial charge in [-0.3, -0.25) is 9.59 Å². The number of amides is 1. The molecule has 0 fully saturated rings. The van der Waals surface area contributed by atoms with Gasteiger partial charge in [-0.25, -0.2) is 9.07 Å². The summed E-state index contributed by atoms with van der Waals surface area (Å²) in [5.74, 6) is -0.520. The van der Waals surface area contributed by atoms with Crippen molar-refractivity contribution in [2.45, 2.75) is 5.22 Å². The van der Waals surface area contributed by atoms with E-state index in [4.69, 9.17) is 9.52 Å². The number of benzene rings is 4. The van der Waals surface area contributed by atoms with Crippen LogP contribution >= 0.6 is 11.8 Å². The number of hydrogen-bond donors (Lipinski definition) is 1. The number of rotatable bonds is 10. The number of anilines is 1. The van der Waals surface area contributed by atoms with E-state index in [1.54, 1.807) is 53.4 Å². The molecule has 8 nitrogen and oxygen atoms in total. The number of allylic oxidation sites excluding steroid dienone is 1. The fourth-order valence-electron chi connectivity index (χ4n) is 4.32. The zero-order valence-corrected chi connectivity index (χ0v) is 23.9. The number of carbonyl (C=O) groups excluding carboxylic acids is 2. The number of aromatic nitrogens is 4. The van der Waals surface area contributed by atoms with Crippen molar-refractivity contribution in [1.82, 2.24) is 20.0 Å². The summed E-state index contributed by atoms with van der Waals surface area (Å²) in [6, 6.07) is 31.8. The first kappa shape index (κ1) is 28.5. The van der Waals surface area contributed by atoms with Crippen LogP contribution in [0, 0.1) is 5.82 Å². The van der Waals surface area contributed by atoms with Crippen LogP contribution in [0.4, 0.5) is 10.1 Å². The number of nitrogens with zero attached hydrogens (tertiary/aromatic N) is 4. The molecule has 2 heterocycles. The third-order valence-corrected chi connectivity index (χ3v) is 7.31. The van der Waals surface area contributed by atoms with E-state index in [1.807, 2.05) is 60.7 Å². The summed E-state index contributed by atoms with van der Waals surface area (Å²) in [4.78, 5) is 25.1. The molecular formula is C34H24FN5O3S. The highest BCUT2D eigenvalue weighted by Crippen LogP contribution is 2.33. The van der Waals surface area contributed by atoms with Gasteiger partial charge in [-0.05, 0) is 72.3 Å². The molecule has 0 aliphatic carbocycles. The maximum absolute atomic E-state index is 13.6. The van der Waals surface area contributed by atoms with Crippen molar-refractivity contribution in [3.05, 3.63) is 138 Å².